The zero-order valence-corrected chi connectivity index (χ0v) is 36.7. The second kappa shape index (κ2) is 19.1. The summed E-state index contributed by atoms with van der Waals surface area (Å²) < 4.78 is 29.5. The largest absolute Gasteiger partial charge is 1.00 e. The number of ether oxygens (including phenoxy) is 5. The van der Waals surface area contributed by atoms with Gasteiger partial charge in [-0.15, -0.1) is 0 Å². The van der Waals surface area contributed by atoms with Crippen LogP contribution in [0.4, 0.5) is 5.69 Å². The fourth-order valence-electron chi connectivity index (χ4n) is 7.02. The number of esters is 1. The molecule has 2 aromatic rings. The van der Waals surface area contributed by atoms with Crippen LogP contribution in [-0.4, -0.2) is 107 Å². The van der Waals surface area contributed by atoms with Gasteiger partial charge in [-0.25, -0.2) is 0 Å². The van der Waals surface area contributed by atoms with Crippen molar-refractivity contribution in [2.75, 3.05) is 33.1 Å². The fourth-order valence-corrected chi connectivity index (χ4v) is 7.02. The van der Waals surface area contributed by atoms with Gasteiger partial charge in [0.05, 0.1) is 41.2 Å². The van der Waals surface area contributed by atoms with Crippen molar-refractivity contribution in [2.24, 2.45) is 23.7 Å². The minimum absolute atomic E-state index is 0. The molecule has 5 rings (SSSR count). The standard InChI is InChI=1S/C41H54N2O13.Na/c1-19-13-12-14-20(2)40(51)42-26-17-28(53-18-29(45)43(9)10)30-31(36(26)49)35(48)24(6)38-32(30)39(50)41(8,56-38)54-16-15-27(52-11)21(3)37(55-25(7)44)23(5)34(47)22(4)33(19)46;/h12-17,19,21-23,27,33-34,37,46-49H,18H2,1-11H3,(H,42,51);/q;+1/b13-12+,16-15+,20-14+;. The van der Waals surface area contributed by atoms with E-state index in [-0.39, 0.29) is 74.2 Å². The summed E-state index contributed by atoms with van der Waals surface area (Å²) in [7, 11) is 4.49. The molecular formula is C41H54N2NaO13+. The van der Waals surface area contributed by atoms with Crippen molar-refractivity contribution in [3.8, 4) is 23.0 Å². The smallest absolute Gasteiger partial charge is 0.507 e. The molecule has 0 saturated heterocycles. The van der Waals surface area contributed by atoms with Gasteiger partial charge < -0.3 is 54.3 Å². The number of rotatable bonds is 5. The summed E-state index contributed by atoms with van der Waals surface area (Å²) in [5.41, 5.74) is -0.0315. The summed E-state index contributed by atoms with van der Waals surface area (Å²) in [6, 6.07) is 1.25. The van der Waals surface area contributed by atoms with Crippen LogP contribution in [0.3, 0.4) is 0 Å². The zero-order chi connectivity index (χ0) is 42.0. The number of hydrogen-bond acceptors (Lipinski definition) is 13. The van der Waals surface area contributed by atoms with E-state index in [0.29, 0.717) is 0 Å². The van der Waals surface area contributed by atoms with Crippen molar-refractivity contribution < 1.29 is 92.8 Å². The third-order valence-electron chi connectivity index (χ3n) is 10.7. The van der Waals surface area contributed by atoms with E-state index in [1.807, 2.05) is 0 Å². The molecule has 5 bridgehead atoms. The summed E-state index contributed by atoms with van der Waals surface area (Å²) in [6.07, 6.45) is 3.57. The van der Waals surface area contributed by atoms with Gasteiger partial charge in [-0.2, -0.15) is 0 Å². The molecule has 15 nitrogen and oxygen atoms in total. The van der Waals surface area contributed by atoms with Gasteiger partial charge in [0.1, 0.15) is 23.4 Å². The van der Waals surface area contributed by atoms with E-state index in [1.165, 1.54) is 78.3 Å². The molecule has 57 heavy (non-hydrogen) atoms. The Morgan fingerprint density at radius 3 is 2.21 bits per heavy atom. The number of ketones is 1. The Morgan fingerprint density at radius 2 is 1.61 bits per heavy atom. The summed E-state index contributed by atoms with van der Waals surface area (Å²) in [5.74, 6) is -8.12. The van der Waals surface area contributed by atoms with E-state index in [2.05, 4.69) is 5.32 Å². The molecule has 5 N–H and O–H groups in total. The van der Waals surface area contributed by atoms with Crippen LogP contribution < -0.4 is 44.3 Å². The van der Waals surface area contributed by atoms with Crippen molar-refractivity contribution >= 4 is 40.0 Å². The van der Waals surface area contributed by atoms with E-state index in [9.17, 15) is 39.6 Å². The number of amides is 2. The first-order valence-corrected chi connectivity index (χ1v) is 18.4. The minimum atomic E-state index is -2.02. The van der Waals surface area contributed by atoms with Gasteiger partial charge in [0.15, 0.2) is 12.4 Å². The maximum Gasteiger partial charge on any atom is 1.00 e. The number of likely N-dealkylation sites (N-methyl/N-ethyl adjacent to an activating group) is 1. The Bertz CT molecular complexity index is 1960. The average Bonchev–Trinajstić information content (AvgIpc) is 3.41. The number of aromatic hydroxyl groups is 2. The van der Waals surface area contributed by atoms with E-state index in [1.54, 1.807) is 39.8 Å². The SMILES string of the molecule is COC1/C=C/OC2(C)Oc3c(C)c(O)c4c(O)c(cc(OCC(=O)N(C)C)c4c3C2=O)NC(=O)/C(C)=C/C=C/C(C)C(O)C(C)C(O)C(C)C(OC(C)=O)C1C.[Na+]. The number of anilines is 1. The monoisotopic (exact) mass is 805 g/mol. The molecule has 0 spiro atoms. The van der Waals surface area contributed by atoms with Gasteiger partial charge in [0, 0.05) is 81.3 Å². The van der Waals surface area contributed by atoms with Gasteiger partial charge in [-0.05, 0) is 19.9 Å². The third kappa shape index (κ3) is 9.78. The number of phenolic OH excluding ortho intramolecular Hbond substituents is 2. The molecule has 306 valence electrons. The Kier molecular flexibility index (Phi) is 15.8. The van der Waals surface area contributed by atoms with Gasteiger partial charge in [0.2, 0.25) is 0 Å². The molecule has 0 fully saturated rings. The van der Waals surface area contributed by atoms with Crippen LogP contribution in [0, 0.1) is 30.6 Å². The number of methoxy groups -OCH3 is 1. The van der Waals surface area contributed by atoms with E-state index in [4.69, 9.17) is 23.7 Å². The summed E-state index contributed by atoms with van der Waals surface area (Å²) in [4.78, 5) is 54.0. The van der Waals surface area contributed by atoms with Crippen LogP contribution in [0.25, 0.3) is 10.8 Å². The second-order valence-corrected chi connectivity index (χ2v) is 15.0. The molecule has 3 heterocycles. The number of benzene rings is 2. The number of nitrogens with zero attached hydrogens (tertiary/aromatic N) is 1. The third-order valence-corrected chi connectivity index (χ3v) is 10.7. The molecule has 16 heteroatoms. The van der Waals surface area contributed by atoms with Crippen LogP contribution in [0.5, 0.6) is 23.0 Å². The molecule has 2 amide bonds. The second-order valence-electron chi connectivity index (χ2n) is 15.0. The van der Waals surface area contributed by atoms with Crippen molar-refractivity contribution in [1.82, 2.24) is 4.90 Å². The Labute approximate surface area is 354 Å². The van der Waals surface area contributed by atoms with Gasteiger partial charge >= 0.3 is 41.3 Å². The molecule has 0 radical (unpaired) electrons. The molecule has 0 saturated carbocycles. The van der Waals surface area contributed by atoms with Gasteiger partial charge in [0.25, 0.3) is 17.6 Å². The Morgan fingerprint density at radius 1 is 0.965 bits per heavy atom. The van der Waals surface area contributed by atoms with Crippen molar-refractivity contribution in [2.45, 2.75) is 85.6 Å². The minimum Gasteiger partial charge on any atom is -0.507 e. The number of fused-ring (bicyclic) bond motifs is 14. The normalized spacial score (nSPS) is 30.2. The first-order valence-electron chi connectivity index (χ1n) is 18.4. The molecule has 3 aliphatic rings. The summed E-state index contributed by atoms with van der Waals surface area (Å²) in [6.45, 7) is 12.0. The molecule has 3 aliphatic heterocycles. The fraction of sp³-hybridized carbons (Fsp3) is 0.512. The predicted octanol–water partition coefficient (Wildman–Crippen LogP) is 1.52. The molecular weight excluding hydrogens is 751 g/mol. The Hall–Kier alpha value is -4.12. The molecule has 9 atom stereocenters. The van der Waals surface area contributed by atoms with Crippen LogP contribution in [0.15, 0.2) is 42.2 Å². The number of aliphatic hydroxyl groups excluding tert-OH is 2. The van der Waals surface area contributed by atoms with Gasteiger partial charge in [-0.1, -0.05) is 45.9 Å². The van der Waals surface area contributed by atoms with Crippen LogP contribution in [-0.2, 0) is 28.6 Å². The molecule has 0 aliphatic carbocycles. The van der Waals surface area contributed by atoms with Crippen LogP contribution >= 0.6 is 0 Å². The maximum atomic E-state index is 14.4. The average molecular weight is 806 g/mol. The molecule has 0 aromatic heterocycles. The number of allylic oxidation sites excluding steroid dienone is 2. The zero-order valence-electron chi connectivity index (χ0n) is 34.7. The first-order chi connectivity index (χ1) is 26.2. The number of carbonyl (C=O) groups excluding carboxylic acids is 4. The topological polar surface area (TPSA) is 211 Å². The summed E-state index contributed by atoms with van der Waals surface area (Å²) in [5, 5.41) is 48.1. The number of hydrogen-bond donors (Lipinski definition) is 5. The summed E-state index contributed by atoms with van der Waals surface area (Å²) >= 11 is 0. The number of carbonyl (C=O) groups is 4. The van der Waals surface area contributed by atoms with Crippen LogP contribution in [0.2, 0.25) is 0 Å². The maximum absolute atomic E-state index is 14.4. The predicted molar refractivity (Wildman–Crippen MR) is 206 cm³/mol. The Balaban J connectivity index is 0.00000870. The van der Waals surface area contributed by atoms with E-state index in [0.717, 1.165) is 0 Å². The number of Topliss-reactive ketones (excluding diaryl/α,β-unsaturated/α-hetero) is 1. The van der Waals surface area contributed by atoms with Crippen LogP contribution in [0.1, 0.15) is 64.4 Å². The molecule has 2 aromatic carbocycles. The first kappa shape index (κ1) is 47.3. The van der Waals surface area contributed by atoms with Gasteiger partial charge in [-0.3, -0.25) is 19.2 Å². The molecule has 9 unspecified atom stereocenters. The van der Waals surface area contributed by atoms with Crippen molar-refractivity contribution in [1.29, 1.82) is 0 Å². The van der Waals surface area contributed by atoms with Crippen molar-refractivity contribution in [3.05, 3.63) is 53.3 Å². The van der Waals surface area contributed by atoms with Crippen molar-refractivity contribution in [3.63, 3.8) is 0 Å². The van der Waals surface area contributed by atoms with E-state index < -0.39 is 95.5 Å². The number of aliphatic hydroxyl groups is 2. The van der Waals surface area contributed by atoms with E-state index >= 15 is 0 Å². The quantitative estimate of drug-likeness (QED) is 0.165. The number of nitrogens with one attached hydrogen (secondary N) is 1. The number of phenols is 2.